The smallest absolute Gasteiger partial charge is 0.339 e. The molecule has 5 nitrogen and oxygen atoms in total. The van der Waals surface area contributed by atoms with Crippen molar-refractivity contribution in [3.63, 3.8) is 0 Å². The van der Waals surface area contributed by atoms with Crippen LogP contribution in [0.15, 0.2) is 24.3 Å². The fourth-order valence-corrected chi connectivity index (χ4v) is 2.20. The average Bonchev–Trinajstić information content (AvgIpc) is 2.90. The summed E-state index contributed by atoms with van der Waals surface area (Å²) in [6, 6.07) is 6.54. The van der Waals surface area contributed by atoms with Gasteiger partial charge in [0.2, 0.25) is 0 Å². The van der Waals surface area contributed by atoms with Crippen molar-refractivity contribution in [3.05, 3.63) is 29.8 Å². The van der Waals surface area contributed by atoms with Crippen molar-refractivity contribution in [1.29, 1.82) is 0 Å². The number of benzene rings is 1. The minimum atomic E-state index is -1.10. The van der Waals surface area contributed by atoms with Crippen LogP contribution < -0.4 is 10.1 Å². The molecule has 1 aromatic carbocycles. The Kier molecular flexibility index (Phi) is 4.52. The SMILES string of the molecule is O=C(CCC1CCCN1)Oc1ccccc1C(=O)O. The molecule has 1 aromatic rings. The Bertz CT molecular complexity index is 466. The van der Waals surface area contributed by atoms with Crippen molar-refractivity contribution in [2.24, 2.45) is 0 Å². The molecule has 19 heavy (non-hydrogen) atoms. The molecule has 0 saturated carbocycles. The molecular weight excluding hydrogens is 246 g/mol. The van der Waals surface area contributed by atoms with Crippen LogP contribution in [0.5, 0.6) is 5.75 Å². The minimum absolute atomic E-state index is 0.00911. The van der Waals surface area contributed by atoms with Gasteiger partial charge in [-0.15, -0.1) is 0 Å². The number of esters is 1. The monoisotopic (exact) mass is 263 g/mol. The van der Waals surface area contributed by atoms with E-state index in [1.54, 1.807) is 12.1 Å². The molecule has 102 valence electrons. The van der Waals surface area contributed by atoms with Gasteiger partial charge in [0.05, 0.1) is 0 Å². The molecule has 1 aliphatic heterocycles. The molecule has 1 heterocycles. The molecule has 0 spiro atoms. The summed E-state index contributed by atoms with van der Waals surface area (Å²) in [5.41, 5.74) is 0.00911. The van der Waals surface area contributed by atoms with E-state index in [1.807, 2.05) is 0 Å². The second-order valence-corrected chi connectivity index (χ2v) is 4.61. The number of rotatable bonds is 5. The lowest BCUT2D eigenvalue weighted by Gasteiger charge is -2.10. The van der Waals surface area contributed by atoms with Gasteiger partial charge >= 0.3 is 11.9 Å². The van der Waals surface area contributed by atoms with E-state index in [0.717, 1.165) is 25.8 Å². The molecule has 2 N–H and O–H groups in total. The van der Waals surface area contributed by atoms with E-state index in [4.69, 9.17) is 9.84 Å². The maximum atomic E-state index is 11.7. The van der Waals surface area contributed by atoms with Crippen LogP contribution in [-0.2, 0) is 4.79 Å². The Morgan fingerprint density at radius 2 is 2.16 bits per heavy atom. The molecule has 1 saturated heterocycles. The van der Waals surface area contributed by atoms with Crippen molar-refractivity contribution in [2.75, 3.05) is 6.54 Å². The number of nitrogens with one attached hydrogen (secondary N) is 1. The van der Waals surface area contributed by atoms with Crippen LogP contribution in [0.4, 0.5) is 0 Å². The van der Waals surface area contributed by atoms with Crippen LogP contribution in [0.2, 0.25) is 0 Å². The number of para-hydroxylation sites is 1. The zero-order valence-corrected chi connectivity index (χ0v) is 10.6. The fraction of sp³-hybridized carbons (Fsp3) is 0.429. The van der Waals surface area contributed by atoms with E-state index in [9.17, 15) is 9.59 Å². The number of ether oxygens (including phenoxy) is 1. The molecule has 1 atom stereocenters. The Labute approximate surface area is 111 Å². The van der Waals surface area contributed by atoms with Crippen LogP contribution in [0.3, 0.4) is 0 Å². The number of carbonyl (C=O) groups excluding carboxylic acids is 1. The first kappa shape index (κ1) is 13.5. The van der Waals surface area contributed by atoms with Gasteiger partial charge in [0.15, 0.2) is 0 Å². The Hall–Kier alpha value is -1.88. The molecule has 0 aliphatic carbocycles. The second-order valence-electron chi connectivity index (χ2n) is 4.61. The Balaban J connectivity index is 1.89. The number of aromatic carboxylic acids is 1. The van der Waals surface area contributed by atoms with Crippen LogP contribution in [0.25, 0.3) is 0 Å². The fourth-order valence-electron chi connectivity index (χ4n) is 2.20. The predicted octanol–water partition coefficient (Wildman–Crippen LogP) is 1.82. The summed E-state index contributed by atoms with van der Waals surface area (Å²) in [5, 5.41) is 12.3. The average molecular weight is 263 g/mol. The highest BCUT2D eigenvalue weighted by Crippen LogP contribution is 2.19. The largest absolute Gasteiger partial charge is 0.478 e. The normalized spacial score (nSPS) is 18.2. The van der Waals surface area contributed by atoms with Crippen molar-refractivity contribution in [1.82, 2.24) is 5.32 Å². The molecule has 1 aliphatic rings. The van der Waals surface area contributed by atoms with Crippen LogP contribution in [0, 0.1) is 0 Å². The number of hydrogen-bond acceptors (Lipinski definition) is 4. The molecule has 0 radical (unpaired) electrons. The van der Waals surface area contributed by atoms with Gasteiger partial charge in [0.25, 0.3) is 0 Å². The quantitative estimate of drug-likeness (QED) is 0.626. The van der Waals surface area contributed by atoms with Gasteiger partial charge in [-0.25, -0.2) is 4.79 Å². The number of carboxylic acid groups (broad SMARTS) is 1. The molecule has 1 unspecified atom stereocenters. The molecule has 5 heteroatoms. The standard InChI is InChI=1S/C14H17NO4/c16-13(8-7-10-4-3-9-15-10)19-12-6-2-1-5-11(12)14(17)18/h1-2,5-6,10,15H,3-4,7-9H2,(H,17,18). The molecule has 2 rings (SSSR count). The highest BCUT2D eigenvalue weighted by atomic mass is 16.5. The molecule has 0 aromatic heterocycles. The topological polar surface area (TPSA) is 75.6 Å². The maximum absolute atomic E-state index is 11.7. The van der Waals surface area contributed by atoms with E-state index in [0.29, 0.717) is 12.5 Å². The second kappa shape index (κ2) is 6.33. The first-order chi connectivity index (χ1) is 9.16. The molecular formula is C14H17NO4. The summed E-state index contributed by atoms with van der Waals surface area (Å²) in [5.74, 6) is -1.37. The van der Waals surface area contributed by atoms with Gasteiger partial charge in [-0.3, -0.25) is 4.79 Å². The van der Waals surface area contributed by atoms with Gasteiger partial charge in [0, 0.05) is 12.5 Å². The number of carboxylic acids is 1. The Morgan fingerprint density at radius 1 is 1.37 bits per heavy atom. The van der Waals surface area contributed by atoms with Crippen molar-refractivity contribution in [3.8, 4) is 5.75 Å². The zero-order valence-electron chi connectivity index (χ0n) is 10.6. The third kappa shape index (κ3) is 3.79. The van der Waals surface area contributed by atoms with Gasteiger partial charge in [-0.05, 0) is 37.9 Å². The first-order valence-corrected chi connectivity index (χ1v) is 6.43. The summed E-state index contributed by atoms with van der Waals surface area (Å²) < 4.78 is 5.12. The minimum Gasteiger partial charge on any atom is -0.478 e. The summed E-state index contributed by atoms with van der Waals surface area (Å²) in [4.78, 5) is 22.7. The lowest BCUT2D eigenvalue weighted by atomic mass is 10.1. The van der Waals surface area contributed by atoms with Gasteiger partial charge in [-0.1, -0.05) is 12.1 Å². The highest BCUT2D eigenvalue weighted by molar-refractivity contribution is 5.91. The van der Waals surface area contributed by atoms with Gasteiger partial charge in [0.1, 0.15) is 11.3 Å². The maximum Gasteiger partial charge on any atom is 0.339 e. The van der Waals surface area contributed by atoms with E-state index in [1.165, 1.54) is 12.1 Å². The highest BCUT2D eigenvalue weighted by Gasteiger charge is 2.17. The predicted molar refractivity (Wildman–Crippen MR) is 69.3 cm³/mol. The third-order valence-corrected chi connectivity index (χ3v) is 3.20. The summed E-state index contributed by atoms with van der Waals surface area (Å²) in [6.07, 6.45) is 3.25. The van der Waals surface area contributed by atoms with Crippen LogP contribution in [0.1, 0.15) is 36.0 Å². The van der Waals surface area contributed by atoms with E-state index in [2.05, 4.69) is 5.32 Å². The van der Waals surface area contributed by atoms with Crippen molar-refractivity contribution in [2.45, 2.75) is 31.7 Å². The molecule has 1 fully saturated rings. The van der Waals surface area contributed by atoms with Crippen molar-refractivity contribution < 1.29 is 19.4 Å². The molecule has 0 amide bonds. The Morgan fingerprint density at radius 3 is 2.84 bits per heavy atom. The summed E-state index contributed by atoms with van der Waals surface area (Å²) >= 11 is 0. The van der Waals surface area contributed by atoms with Crippen LogP contribution in [-0.4, -0.2) is 29.6 Å². The van der Waals surface area contributed by atoms with Crippen LogP contribution >= 0.6 is 0 Å². The third-order valence-electron chi connectivity index (χ3n) is 3.20. The van der Waals surface area contributed by atoms with Gasteiger partial charge < -0.3 is 15.2 Å². The van der Waals surface area contributed by atoms with E-state index in [-0.39, 0.29) is 17.3 Å². The molecule has 0 bridgehead atoms. The summed E-state index contributed by atoms with van der Waals surface area (Å²) in [6.45, 7) is 1.00. The van der Waals surface area contributed by atoms with Crippen molar-refractivity contribution >= 4 is 11.9 Å². The zero-order chi connectivity index (χ0) is 13.7. The van der Waals surface area contributed by atoms with E-state index < -0.39 is 5.97 Å². The summed E-state index contributed by atoms with van der Waals surface area (Å²) in [7, 11) is 0. The van der Waals surface area contributed by atoms with E-state index >= 15 is 0 Å². The van der Waals surface area contributed by atoms with Gasteiger partial charge in [-0.2, -0.15) is 0 Å². The lowest BCUT2D eigenvalue weighted by molar-refractivity contribution is -0.134. The lowest BCUT2D eigenvalue weighted by Crippen LogP contribution is -2.23. The number of carbonyl (C=O) groups is 2. The number of hydrogen-bond donors (Lipinski definition) is 2. The first-order valence-electron chi connectivity index (χ1n) is 6.43.